The Morgan fingerprint density at radius 3 is 2.50 bits per heavy atom. The quantitative estimate of drug-likeness (QED) is 0.884. The maximum Gasteiger partial charge on any atom is 0.142 e. The van der Waals surface area contributed by atoms with Gasteiger partial charge in [0.15, 0.2) is 0 Å². The molecule has 20 heavy (non-hydrogen) atoms. The first-order valence-electron chi connectivity index (χ1n) is 7.17. The molecule has 0 radical (unpaired) electrons. The first kappa shape index (κ1) is 15.7. The summed E-state index contributed by atoms with van der Waals surface area (Å²) in [5.74, 6) is -0.399. The third kappa shape index (κ3) is 4.18. The summed E-state index contributed by atoms with van der Waals surface area (Å²) in [4.78, 5) is 0. The molecule has 0 bridgehead atoms. The van der Waals surface area contributed by atoms with Crippen molar-refractivity contribution in [3.05, 3.63) is 34.6 Å². The Labute approximate surface area is 125 Å². The molecule has 0 spiro atoms. The Hall–Kier alpha value is -0.640. The molecule has 1 saturated carbocycles. The van der Waals surface area contributed by atoms with Crippen molar-refractivity contribution in [1.82, 2.24) is 5.32 Å². The van der Waals surface area contributed by atoms with E-state index in [1.54, 1.807) is 12.1 Å². The first-order chi connectivity index (χ1) is 9.30. The fourth-order valence-electron chi connectivity index (χ4n) is 2.66. The largest absolute Gasteiger partial charge is 0.389 e. The van der Waals surface area contributed by atoms with Crippen LogP contribution < -0.4 is 5.32 Å². The van der Waals surface area contributed by atoms with Gasteiger partial charge in [-0.25, -0.2) is 4.39 Å². The summed E-state index contributed by atoms with van der Waals surface area (Å²) in [5.41, 5.74) is 0.554. The second-order valence-electron chi connectivity index (χ2n) is 6.74. The van der Waals surface area contributed by atoms with Crippen LogP contribution in [0.25, 0.3) is 0 Å². The minimum Gasteiger partial charge on any atom is -0.389 e. The Morgan fingerprint density at radius 2 is 1.90 bits per heavy atom. The van der Waals surface area contributed by atoms with Crippen LogP contribution in [-0.4, -0.2) is 17.3 Å². The number of hydrogen-bond donors (Lipinski definition) is 2. The molecule has 0 saturated heterocycles. The number of hydrogen-bond acceptors (Lipinski definition) is 2. The third-order valence-electron chi connectivity index (χ3n) is 4.30. The Morgan fingerprint density at radius 1 is 1.25 bits per heavy atom. The SMILES string of the molecule is CC1(C)CCC(O)(CNCc2ccc(Cl)c(F)c2)CC1. The van der Waals surface area contributed by atoms with E-state index in [1.807, 2.05) is 0 Å². The van der Waals surface area contributed by atoms with Gasteiger partial charge in [-0.3, -0.25) is 0 Å². The second kappa shape index (κ2) is 6.00. The smallest absolute Gasteiger partial charge is 0.142 e. The van der Waals surface area contributed by atoms with Gasteiger partial charge in [0, 0.05) is 13.1 Å². The molecule has 0 atom stereocenters. The van der Waals surface area contributed by atoms with Gasteiger partial charge in [-0.2, -0.15) is 0 Å². The highest BCUT2D eigenvalue weighted by atomic mass is 35.5. The average molecular weight is 300 g/mol. The molecule has 0 heterocycles. The standard InChI is InChI=1S/C16H23ClFNO/c1-15(2)5-7-16(20,8-6-15)11-19-10-12-3-4-13(17)14(18)9-12/h3-4,9,19-20H,5-8,10-11H2,1-2H3. The van der Waals surface area contributed by atoms with Crippen LogP contribution in [0.5, 0.6) is 0 Å². The molecule has 112 valence electrons. The van der Waals surface area contributed by atoms with Gasteiger partial charge in [0.25, 0.3) is 0 Å². The zero-order valence-corrected chi connectivity index (χ0v) is 12.9. The monoisotopic (exact) mass is 299 g/mol. The average Bonchev–Trinajstić information content (AvgIpc) is 2.38. The van der Waals surface area contributed by atoms with Gasteiger partial charge < -0.3 is 10.4 Å². The maximum absolute atomic E-state index is 13.3. The van der Waals surface area contributed by atoms with E-state index >= 15 is 0 Å². The molecule has 1 aromatic rings. The molecule has 2 nitrogen and oxygen atoms in total. The molecule has 0 aliphatic heterocycles. The Bertz CT molecular complexity index is 466. The summed E-state index contributed by atoms with van der Waals surface area (Å²) < 4.78 is 13.3. The van der Waals surface area contributed by atoms with E-state index in [9.17, 15) is 9.50 Å². The lowest BCUT2D eigenvalue weighted by molar-refractivity contribution is -0.0245. The molecular weight excluding hydrogens is 277 g/mol. The molecule has 0 unspecified atom stereocenters. The summed E-state index contributed by atoms with van der Waals surface area (Å²) in [6, 6.07) is 4.79. The van der Waals surface area contributed by atoms with Gasteiger partial charge in [-0.15, -0.1) is 0 Å². The van der Waals surface area contributed by atoms with Crippen molar-refractivity contribution in [2.24, 2.45) is 5.41 Å². The molecule has 1 aliphatic rings. The molecular formula is C16H23ClFNO. The van der Waals surface area contributed by atoms with Crippen LogP contribution in [-0.2, 0) is 6.54 Å². The lowest BCUT2D eigenvalue weighted by atomic mass is 9.71. The zero-order chi connectivity index (χ0) is 14.8. The summed E-state index contributed by atoms with van der Waals surface area (Å²) in [5, 5.41) is 13.9. The first-order valence-corrected chi connectivity index (χ1v) is 7.55. The van der Waals surface area contributed by atoms with E-state index < -0.39 is 11.4 Å². The molecule has 4 heteroatoms. The normalized spacial score (nSPS) is 20.9. The van der Waals surface area contributed by atoms with Crippen molar-refractivity contribution < 1.29 is 9.50 Å². The van der Waals surface area contributed by atoms with E-state index in [0.29, 0.717) is 18.5 Å². The van der Waals surface area contributed by atoms with Crippen LogP contribution in [0.15, 0.2) is 18.2 Å². The van der Waals surface area contributed by atoms with E-state index in [4.69, 9.17) is 11.6 Å². The minimum atomic E-state index is -0.625. The van der Waals surface area contributed by atoms with Gasteiger partial charge in [0.2, 0.25) is 0 Å². The number of halogens is 2. The van der Waals surface area contributed by atoms with Crippen LogP contribution in [0, 0.1) is 11.2 Å². The number of nitrogens with one attached hydrogen (secondary N) is 1. The molecule has 1 aliphatic carbocycles. The molecule has 2 rings (SSSR count). The van der Waals surface area contributed by atoms with Crippen LogP contribution in [0.1, 0.15) is 45.1 Å². The number of rotatable bonds is 4. The second-order valence-corrected chi connectivity index (χ2v) is 7.15. The van der Waals surface area contributed by atoms with Gasteiger partial charge in [-0.05, 0) is 48.8 Å². The molecule has 1 aromatic carbocycles. The molecule has 0 amide bonds. The van der Waals surface area contributed by atoms with E-state index in [-0.39, 0.29) is 5.02 Å². The highest BCUT2D eigenvalue weighted by molar-refractivity contribution is 6.30. The fourth-order valence-corrected chi connectivity index (χ4v) is 2.78. The topological polar surface area (TPSA) is 32.3 Å². The van der Waals surface area contributed by atoms with Crippen molar-refractivity contribution >= 4 is 11.6 Å². The van der Waals surface area contributed by atoms with Crippen LogP contribution in [0.3, 0.4) is 0 Å². The van der Waals surface area contributed by atoms with Crippen LogP contribution in [0.2, 0.25) is 5.02 Å². The molecule has 0 aromatic heterocycles. The summed E-state index contributed by atoms with van der Waals surface area (Å²) in [7, 11) is 0. The fraction of sp³-hybridized carbons (Fsp3) is 0.625. The predicted molar refractivity (Wildman–Crippen MR) is 80.3 cm³/mol. The van der Waals surface area contributed by atoms with Crippen LogP contribution in [0.4, 0.5) is 4.39 Å². The van der Waals surface area contributed by atoms with E-state index in [2.05, 4.69) is 19.2 Å². The third-order valence-corrected chi connectivity index (χ3v) is 4.61. The predicted octanol–water partition coefficient (Wildman–Crippen LogP) is 3.90. The summed E-state index contributed by atoms with van der Waals surface area (Å²) in [6.07, 6.45) is 3.73. The lowest BCUT2D eigenvalue weighted by Crippen LogP contribution is -2.44. The van der Waals surface area contributed by atoms with Crippen molar-refractivity contribution in [2.75, 3.05) is 6.54 Å². The number of aliphatic hydroxyl groups is 1. The van der Waals surface area contributed by atoms with E-state index in [0.717, 1.165) is 31.2 Å². The molecule has 1 fully saturated rings. The highest BCUT2D eigenvalue weighted by Gasteiger charge is 2.36. The lowest BCUT2D eigenvalue weighted by Gasteiger charge is -2.40. The maximum atomic E-state index is 13.3. The van der Waals surface area contributed by atoms with Crippen molar-refractivity contribution in [3.63, 3.8) is 0 Å². The van der Waals surface area contributed by atoms with Gasteiger partial charge in [-0.1, -0.05) is 31.5 Å². The Kier molecular flexibility index (Phi) is 4.73. The van der Waals surface area contributed by atoms with Crippen LogP contribution >= 0.6 is 11.6 Å². The summed E-state index contributed by atoms with van der Waals surface area (Å²) >= 11 is 5.65. The minimum absolute atomic E-state index is 0.141. The van der Waals surface area contributed by atoms with Crippen molar-refractivity contribution in [3.8, 4) is 0 Å². The van der Waals surface area contributed by atoms with Gasteiger partial charge in [0.1, 0.15) is 5.82 Å². The zero-order valence-electron chi connectivity index (χ0n) is 12.2. The van der Waals surface area contributed by atoms with Crippen molar-refractivity contribution in [2.45, 2.75) is 51.7 Å². The Balaban J connectivity index is 1.82. The highest BCUT2D eigenvalue weighted by Crippen LogP contribution is 2.39. The summed E-state index contributed by atoms with van der Waals surface area (Å²) in [6.45, 7) is 5.58. The van der Waals surface area contributed by atoms with Gasteiger partial charge in [0.05, 0.1) is 10.6 Å². The molecule has 2 N–H and O–H groups in total. The van der Waals surface area contributed by atoms with Crippen molar-refractivity contribution in [1.29, 1.82) is 0 Å². The van der Waals surface area contributed by atoms with Gasteiger partial charge >= 0.3 is 0 Å². The van der Waals surface area contributed by atoms with E-state index in [1.165, 1.54) is 6.07 Å². The number of benzene rings is 1.